The van der Waals surface area contributed by atoms with E-state index in [9.17, 15) is 0 Å². The Morgan fingerprint density at radius 3 is 3.00 bits per heavy atom. The Bertz CT molecular complexity index is 484. The fourth-order valence-electron chi connectivity index (χ4n) is 1.27. The molecule has 0 fully saturated rings. The molecule has 0 bridgehead atoms. The summed E-state index contributed by atoms with van der Waals surface area (Å²) >= 11 is 9.27. The van der Waals surface area contributed by atoms with Gasteiger partial charge in [-0.05, 0) is 18.2 Å². The van der Waals surface area contributed by atoms with Crippen molar-refractivity contribution in [3.05, 3.63) is 39.8 Å². The maximum atomic E-state index is 9.06. The molecule has 78 valence electrons. The van der Waals surface area contributed by atoms with Crippen LogP contribution in [0, 0.1) is 0 Å². The van der Waals surface area contributed by atoms with Crippen LogP contribution in [0.1, 0.15) is 5.69 Å². The van der Waals surface area contributed by atoms with Crippen LogP contribution in [-0.4, -0.2) is 10.1 Å². The van der Waals surface area contributed by atoms with Gasteiger partial charge in [-0.15, -0.1) is 0 Å². The Hall–Kier alpha value is -0.840. The lowest BCUT2D eigenvalue weighted by atomic mass is 10.1. The minimum Gasteiger partial charge on any atom is -0.443 e. The van der Waals surface area contributed by atoms with E-state index in [4.69, 9.17) is 21.1 Å². The van der Waals surface area contributed by atoms with Crippen molar-refractivity contribution in [1.29, 1.82) is 0 Å². The molecule has 0 aliphatic carbocycles. The first-order valence-corrected chi connectivity index (χ1v) is 5.38. The molecule has 0 spiro atoms. The molecule has 15 heavy (non-hydrogen) atoms. The third kappa shape index (κ3) is 2.07. The quantitative estimate of drug-likeness (QED) is 0.922. The van der Waals surface area contributed by atoms with Crippen LogP contribution in [0.15, 0.2) is 33.5 Å². The van der Waals surface area contributed by atoms with Gasteiger partial charge < -0.3 is 9.52 Å². The van der Waals surface area contributed by atoms with Crippen LogP contribution in [-0.2, 0) is 6.61 Å². The van der Waals surface area contributed by atoms with Crippen molar-refractivity contribution in [2.24, 2.45) is 0 Å². The van der Waals surface area contributed by atoms with E-state index in [0.29, 0.717) is 16.5 Å². The van der Waals surface area contributed by atoms with Crippen molar-refractivity contribution in [3.8, 4) is 11.3 Å². The van der Waals surface area contributed by atoms with Gasteiger partial charge in [-0.2, -0.15) is 0 Å². The van der Waals surface area contributed by atoms with Gasteiger partial charge in [0.2, 0.25) is 0 Å². The molecule has 1 N–H and O–H groups in total. The molecular weight excluding hydrogens is 281 g/mol. The first kappa shape index (κ1) is 10.7. The van der Waals surface area contributed by atoms with Crippen LogP contribution < -0.4 is 0 Å². The highest BCUT2D eigenvalue weighted by Gasteiger charge is 2.13. The highest BCUT2D eigenvalue weighted by Crippen LogP contribution is 2.32. The molecule has 0 saturated carbocycles. The number of halogens is 2. The SMILES string of the molecule is OCc1ncoc1-c1cc(Cl)ccc1Br. The molecule has 3 nitrogen and oxygen atoms in total. The third-order valence-electron chi connectivity index (χ3n) is 1.96. The highest BCUT2D eigenvalue weighted by molar-refractivity contribution is 9.10. The Balaban J connectivity index is 2.58. The number of benzene rings is 1. The largest absolute Gasteiger partial charge is 0.443 e. The molecule has 0 aliphatic rings. The van der Waals surface area contributed by atoms with E-state index in [1.165, 1.54) is 6.39 Å². The molecule has 1 aromatic carbocycles. The zero-order valence-electron chi connectivity index (χ0n) is 7.58. The van der Waals surface area contributed by atoms with Crippen LogP contribution in [0.5, 0.6) is 0 Å². The molecule has 0 radical (unpaired) electrons. The van der Waals surface area contributed by atoms with Gasteiger partial charge in [0.25, 0.3) is 0 Å². The Labute approximate surface area is 99.8 Å². The van der Waals surface area contributed by atoms with Gasteiger partial charge in [-0.25, -0.2) is 4.98 Å². The van der Waals surface area contributed by atoms with Crippen molar-refractivity contribution in [2.75, 3.05) is 0 Å². The van der Waals surface area contributed by atoms with E-state index in [2.05, 4.69) is 20.9 Å². The predicted octanol–water partition coefficient (Wildman–Crippen LogP) is 3.25. The van der Waals surface area contributed by atoms with Crippen molar-refractivity contribution in [1.82, 2.24) is 4.98 Å². The lowest BCUT2D eigenvalue weighted by Crippen LogP contribution is -1.87. The number of aromatic nitrogens is 1. The molecule has 1 aromatic heterocycles. The molecule has 0 saturated heterocycles. The Morgan fingerprint density at radius 2 is 2.27 bits per heavy atom. The van der Waals surface area contributed by atoms with Gasteiger partial charge in [0.1, 0.15) is 5.69 Å². The van der Waals surface area contributed by atoms with E-state index in [-0.39, 0.29) is 6.61 Å². The summed E-state index contributed by atoms with van der Waals surface area (Å²) in [6.07, 6.45) is 1.30. The highest BCUT2D eigenvalue weighted by atomic mass is 79.9. The maximum Gasteiger partial charge on any atom is 0.181 e. The average molecular weight is 289 g/mol. The molecule has 2 rings (SSSR count). The van der Waals surface area contributed by atoms with Crippen molar-refractivity contribution in [2.45, 2.75) is 6.61 Å². The van der Waals surface area contributed by atoms with E-state index < -0.39 is 0 Å². The van der Waals surface area contributed by atoms with Gasteiger partial charge >= 0.3 is 0 Å². The number of aliphatic hydroxyl groups excluding tert-OH is 1. The lowest BCUT2D eigenvalue weighted by molar-refractivity contribution is 0.277. The van der Waals surface area contributed by atoms with Crippen LogP contribution in [0.4, 0.5) is 0 Å². The molecule has 0 atom stereocenters. The van der Waals surface area contributed by atoms with Crippen LogP contribution in [0.25, 0.3) is 11.3 Å². The maximum absolute atomic E-state index is 9.06. The fourth-order valence-corrected chi connectivity index (χ4v) is 1.87. The van der Waals surface area contributed by atoms with Gasteiger partial charge in [-0.1, -0.05) is 27.5 Å². The average Bonchev–Trinajstić information content (AvgIpc) is 2.69. The summed E-state index contributed by atoms with van der Waals surface area (Å²) < 4.78 is 6.06. The van der Waals surface area contributed by atoms with E-state index in [1.54, 1.807) is 12.1 Å². The summed E-state index contributed by atoms with van der Waals surface area (Å²) in [5, 5.41) is 9.66. The molecule has 0 aliphatic heterocycles. The number of hydrogen-bond donors (Lipinski definition) is 1. The standard InChI is InChI=1S/C10H7BrClNO2/c11-8-2-1-6(12)3-7(8)10-9(4-14)13-5-15-10/h1-3,5,14H,4H2. The second-order valence-electron chi connectivity index (χ2n) is 2.91. The number of nitrogens with zero attached hydrogens (tertiary/aromatic N) is 1. The number of aliphatic hydroxyl groups is 1. The first-order valence-electron chi connectivity index (χ1n) is 4.21. The summed E-state index contributed by atoms with van der Waals surface area (Å²) in [7, 11) is 0. The van der Waals surface area contributed by atoms with Gasteiger partial charge in [0, 0.05) is 15.1 Å². The predicted molar refractivity (Wildman–Crippen MR) is 60.6 cm³/mol. The lowest BCUT2D eigenvalue weighted by Gasteiger charge is -2.02. The van der Waals surface area contributed by atoms with Crippen molar-refractivity contribution in [3.63, 3.8) is 0 Å². The normalized spacial score (nSPS) is 10.6. The molecule has 5 heteroatoms. The summed E-state index contributed by atoms with van der Waals surface area (Å²) in [4.78, 5) is 3.90. The van der Waals surface area contributed by atoms with Gasteiger partial charge in [-0.3, -0.25) is 0 Å². The van der Waals surface area contributed by atoms with E-state index >= 15 is 0 Å². The second-order valence-corrected chi connectivity index (χ2v) is 4.20. The number of oxazole rings is 1. The van der Waals surface area contributed by atoms with Gasteiger partial charge in [0.05, 0.1) is 6.61 Å². The zero-order chi connectivity index (χ0) is 10.8. The monoisotopic (exact) mass is 287 g/mol. The number of hydrogen-bond acceptors (Lipinski definition) is 3. The minimum atomic E-state index is -0.162. The summed E-state index contributed by atoms with van der Waals surface area (Å²) in [5.41, 5.74) is 1.28. The summed E-state index contributed by atoms with van der Waals surface area (Å²) in [6, 6.07) is 5.34. The van der Waals surface area contributed by atoms with E-state index in [1.807, 2.05) is 6.07 Å². The third-order valence-corrected chi connectivity index (χ3v) is 2.89. The fraction of sp³-hybridized carbons (Fsp3) is 0.100. The minimum absolute atomic E-state index is 0.162. The topological polar surface area (TPSA) is 46.3 Å². The molecule has 0 unspecified atom stereocenters. The smallest absolute Gasteiger partial charge is 0.181 e. The van der Waals surface area contributed by atoms with Crippen molar-refractivity contribution < 1.29 is 9.52 Å². The summed E-state index contributed by atoms with van der Waals surface area (Å²) in [5.74, 6) is 0.534. The summed E-state index contributed by atoms with van der Waals surface area (Å²) in [6.45, 7) is -0.162. The second kappa shape index (κ2) is 4.35. The van der Waals surface area contributed by atoms with Crippen LogP contribution >= 0.6 is 27.5 Å². The van der Waals surface area contributed by atoms with Gasteiger partial charge in [0.15, 0.2) is 12.2 Å². The van der Waals surface area contributed by atoms with Crippen LogP contribution in [0.3, 0.4) is 0 Å². The van der Waals surface area contributed by atoms with Crippen molar-refractivity contribution >= 4 is 27.5 Å². The molecule has 0 amide bonds. The first-order chi connectivity index (χ1) is 7.22. The zero-order valence-corrected chi connectivity index (χ0v) is 9.92. The number of rotatable bonds is 2. The van der Waals surface area contributed by atoms with E-state index in [0.717, 1.165) is 10.0 Å². The molecule has 1 heterocycles. The van der Waals surface area contributed by atoms with Crippen LogP contribution in [0.2, 0.25) is 5.02 Å². The molecule has 2 aromatic rings. The molecular formula is C10H7BrClNO2. The Kier molecular flexibility index (Phi) is 3.09. The Morgan fingerprint density at radius 1 is 1.47 bits per heavy atom.